The zero-order valence-electron chi connectivity index (χ0n) is 43.5. The second-order valence-electron chi connectivity index (χ2n) is 19.0. The van der Waals surface area contributed by atoms with Gasteiger partial charge in [-0.05, 0) is 10.6 Å². The van der Waals surface area contributed by atoms with E-state index in [1.165, 1.54) is 15.9 Å². The minimum Gasteiger partial charge on any atom is -0.741 e. The molecule has 4 nitrogen and oxygen atoms in total. The van der Waals surface area contributed by atoms with Crippen LogP contribution in [0.15, 0.2) is 188 Å². The van der Waals surface area contributed by atoms with E-state index in [9.17, 15) is 13.2 Å². The summed E-state index contributed by atoms with van der Waals surface area (Å²) in [7, 11) is -10.9. The molecular formula is C56H67AuCuF3FeNO3PSSi4Ti-2. The molecule has 1 heterocycles. The number of hydrogen-bond acceptors (Lipinski definition) is 4. The van der Waals surface area contributed by atoms with Crippen LogP contribution in [0.3, 0.4) is 0 Å². The van der Waals surface area contributed by atoms with Gasteiger partial charge in [0, 0.05) is 37.5 Å². The molecule has 0 fully saturated rings. The topological polar surface area (TPSA) is 70.1 Å². The zero-order valence-corrected chi connectivity index (χ0v) is 55.0. The number of pyridine rings is 1. The van der Waals surface area contributed by atoms with Crippen molar-refractivity contribution < 1.29 is 104 Å². The molecule has 6 aromatic carbocycles. The fourth-order valence-corrected chi connectivity index (χ4v) is 9.31. The molecule has 0 unspecified atom stereocenters. The van der Waals surface area contributed by atoms with Crippen LogP contribution in [0.2, 0.25) is 78.6 Å². The third-order valence-corrected chi connectivity index (χ3v) is 17.0. The van der Waals surface area contributed by atoms with Crippen LogP contribution in [-0.2, 0) is 88.4 Å². The number of rotatable bonds is 5. The van der Waals surface area contributed by atoms with Crippen molar-refractivity contribution in [2.75, 3.05) is 0 Å². The van der Waals surface area contributed by atoms with E-state index in [4.69, 9.17) is 32.2 Å². The Morgan fingerprint density at radius 3 is 1.21 bits per heavy atom. The van der Waals surface area contributed by atoms with Crippen molar-refractivity contribution >= 4 is 76.6 Å². The molecule has 7 aromatic rings. The molecule has 7 rings (SSSR count). The Morgan fingerprint density at radius 2 is 0.986 bits per heavy atom. The van der Waals surface area contributed by atoms with Gasteiger partial charge in [0.25, 0.3) is 0 Å². The van der Waals surface area contributed by atoms with Gasteiger partial charge in [0.1, 0.15) is 0 Å². The molecule has 0 aliphatic rings. The van der Waals surface area contributed by atoms with E-state index >= 15 is 0 Å². The third kappa shape index (κ3) is 40.1. The van der Waals surface area contributed by atoms with E-state index < -0.39 is 55.8 Å². The molecule has 0 aliphatic carbocycles. The van der Waals surface area contributed by atoms with Crippen molar-refractivity contribution in [3.8, 4) is 17.0 Å². The first-order valence-corrected chi connectivity index (χ1v) is 38.7. The summed E-state index contributed by atoms with van der Waals surface area (Å²) in [5.41, 5.74) is 0.104. The second kappa shape index (κ2) is 40.4. The number of hydrogen-bond donors (Lipinski definition) is 0. The van der Waals surface area contributed by atoms with Crippen LogP contribution in [0.1, 0.15) is 5.56 Å². The Bertz CT molecular complexity index is 2460. The van der Waals surface area contributed by atoms with Crippen molar-refractivity contribution in [1.29, 1.82) is 0 Å². The number of aromatic nitrogens is 1. The largest absolute Gasteiger partial charge is 4.00 e. The van der Waals surface area contributed by atoms with Gasteiger partial charge in [0.2, 0.25) is 0 Å². The number of benzene rings is 2. The summed E-state index contributed by atoms with van der Waals surface area (Å²) >= 11 is 0. The molecular weight excluding hydrogens is 1330 g/mol. The molecule has 0 saturated heterocycles. The SMILES string of the molecule is C[Si](C)(C)c1cc[cH-]c1.C[Si](C)(C)c1ccc[cH-]1.O=S(=O)([O-])C(F)(F)F.[Au+].[C-]#C[Si](C)(C)C.[C-]#C[Si](C)(C)C.[C-]#Cc1ccncc1.[Cu+].[Fe].[Ti+4].c1cc[cH-]c1.c1ccc(P(c2ccccc2)c2cc[cH-]c2)cc1. The van der Waals surface area contributed by atoms with Gasteiger partial charge in [-0.2, -0.15) is 90.4 Å². The molecule has 1 aromatic heterocycles. The van der Waals surface area contributed by atoms with Gasteiger partial charge in [-0.3, -0.25) is 10.9 Å². The van der Waals surface area contributed by atoms with Gasteiger partial charge in [-0.1, -0.05) is 147 Å². The monoisotopic (exact) mass is 1400 g/mol. The molecule has 0 aliphatic heterocycles. The fourth-order valence-electron chi connectivity index (χ4n) is 4.62. The van der Waals surface area contributed by atoms with Crippen LogP contribution in [-0.4, -0.2) is 55.8 Å². The summed E-state index contributed by atoms with van der Waals surface area (Å²) in [6.45, 7) is 26.7. The van der Waals surface area contributed by atoms with E-state index in [1.807, 2.05) is 30.3 Å². The minimum atomic E-state index is -6.09. The van der Waals surface area contributed by atoms with Crippen LogP contribution >= 0.6 is 7.92 Å². The smallest absolute Gasteiger partial charge is 0.741 e. The van der Waals surface area contributed by atoms with Gasteiger partial charge in [-0.25, -0.2) is 50.0 Å². The molecule has 398 valence electrons. The summed E-state index contributed by atoms with van der Waals surface area (Å²) in [6.07, 6.45) is 23.3. The average molecular weight is 1400 g/mol. The van der Waals surface area contributed by atoms with Crippen LogP contribution < -0.4 is 26.3 Å². The van der Waals surface area contributed by atoms with Gasteiger partial charge in [0.05, 0.1) is 24.2 Å². The third-order valence-electron chi connectivity index (χ3n) is 8.40. The fraction of sp³-hybridized carbons (Fsp3) is 0.232. The summed E-state index contributed by atoms with van der Waals surface area (Å²) in [6, 6.07) is 61.1. The normalized spacial score (nSPS) is 10.2. The van der Waals surface area contributed by atoms with Crippen molar-refractivity contribution in [3.63, 3.8) is 0 Å². The molecule has 0 bridgehead atoms. The maximum atomic E-state index is 10.7. The van der Waals surface area contributed by atoms with Crippen LogP contribution in [0.4, 0.5) is 13.2 Å². The number of nitrogens with zero attached hydrogens (tertiary/aromatic N) is 1. The maximum absolute atomic E-state index is 10.7. The maximum Gasteiger partial charge on any atom is 4.00 e. The average Bonchev–Trinajstić information content (AvgIpc) is 4.14. The quantitative estimate of drug-likeness (QED) is 0.0430. The predicted octanol–water partition coefficient (Wildman–Crippen LogP) is 12.4. The van der Waals surface area contributed by atoms with Gasteiger partial charge < -0.3 is 34.9 Å². The Balaban J connectivity index is -0.000000249. The molecule has 0 atom stereocenters. The van der Waals surface area contributed by atoms with E-state index in [0.29, 0.717) is 0 Å². The van der Waals surface area contributed by atoms with E-state index in [2.05, 4.69) is 234 Å². The molecule has 0 N–H and O–H groups in total. The Labute approximate surface area is 495 Å². The Hall–Kier alpha value is -2.84. The summed E-state index contributed by atoms with van der Waals surface area (Å²) in [5, 5.41) is 7.35. The second-order valence-corrected chi connectivity index (χ2v) is 42.2. The van der Waals surface area contributed by atoms with E-state index in [-0.39, 0.29) is 78.2 Å². The van der Waals surface area contributed by atoms with Crippen molar-refractivity contribution in [3.05, 3.63) is 213 Å². The minimum absolute atomic E-state index is 0. The number of halogens is 3. The standard InChI is InChI=1S/C17H14P.2C8H13Si.C7H4N.2C5H9Si.C5H5.CHF3O3S.Au.Cu.Fe.Ti/c1-3-9-15(10-4-1)18(17-13-7-8-14-17)16-11-5-2-6-12-16;2*1-9(2,3)8-6-4-5-7-8;1-2-7-3-5-8-6-4-7;2*1-5-6(2,3)4;1-2-4-5-3-1;2-1(3,4)8(5,6)7;;;;/h1-14H;2*4-7H,1-3H3;3-6H;2*2-4H3;1-5H;(H,5,6,7);;;;/q7*-1;;2*+1;;+4/p-1. The van der Waals surface area contributed by atoms with E-state index in [1.54, 1.807) is 34.9 Å². The van der Waals surface area contributed by atoms with Crippen LogP contribution in [0, 0.1) is 36.3 Å². The molecule has 0 radical (unpaired) electrons. The molecule has 0 saturated carbocycles. The van der Waals surface area contributed by atoms with E-state index in [0.717, 1.165) is 5.56 Å². The molecule has 73 heavy (non-hydrogen) atoms. The summed E-state index contributed by atoms with van der Waals surface area (Å²) in [4.78, 5) is 3.77. The first-order chi connectivity index (χ1) is 32.0. The first kappa shape index (κ1) is 79.0. The van der Waals surface area contributed by atoms with Crippen LogP contribution in [0.25, 0.3) is 0 Å². The number of alkyl halides is 3. The predicted molar refractivity (Wildman–Crippen MR) is 300 cm³/mol. The van der Waals surface area contributed by atoms with Crippen molar-refractivity contribution in [1.82, 2.24) is 4.98 Å². The molecule has 0 spiro atoms. The Kier molecular flexibility index (Phi) is 43.8. The summed E-state index contributed by atoms with van der Waals surface area (Å²) in [5.74, 6) is 2.24. The molecule has 0 amide bonds. The van der Waals surface area contributed by atoms with Crippen molar-refractivity contribution in [2.45, 2.75) is 84.1 Å². The van der Waals surface area contributed by atoms with Gasteiger partial charge in [-0.15, -0.1) is 17.7 Å². The first-order valence-electron chi connectivity index (χ1n) is 21.9. The summed E-state index contributed by atoms with van der Waals surface area (Å²) < 4.78 is 58.9. The molecule has 17 heteroatoms. The Morgan fingerprint density at radius 1 is 0.575 bits per heavy atom. The van der Waals surface area contributed by atoms with Crippen LogP contribution in [0.5, 0.6) is 0 Å². The zero-order chi connectivity index (χ0) is 52.8. The van der Waals surface area contributed by atoms with Gasteiger partial charge >= 0.3 is 66.7 Å². The van der Waals surface area contributed by atoms with Gasteiger partial charge in [0.15, 0.2) is 10.1 Å². The van der Waals surface area contributed by atoms with Crippen molar-refractivity contribution in [2.24, 2.45) is 0 Å².